The van der Waals surface area contributed by atoms with Crippen molar-refractivity contribution in [1.29, 1.82) is 0 Å². The molecule has 1 atom stereocenters. The van der Waals surface area contributed by atoms with Crippen molar-refractivity contribution >= 4 is 27.5 Å². The van der Waals surface area contributed by atoms with E-state index in [9.17, 15) is 18.0 Å². The molecule has 46 heavy (non-hydrogen) atoms. The molecule has 0 unspecified atom stereocenters. The van der Waals surface area contributed by atoms with Gasteiger partial charge in [-0.25, -0.2) is 8.42 Å². The first-order chi connectivity index (χ1) is 22.2. The van der Waals surface area contributed by atoms with Gasteiger partial charge in [0.05, 0.1) is 11.9 Å². The molecule has 10 heteroatoms. The predicted octanol–water partition coefficient (Wildman–Crippen LogP) is 5.40. The van der Waals surface area contributed by atoms with E-state index in [1.807, 2.05) is 61.5 Å². The Morgan fingerprint density at radius 1 is 0.913 bits per heavy atom. The van der Waals surface area contributed by atoms with Gasteiger partial charge in [-0.1, -0.05) is 73.9 Å². The molecule has 0 saturated heterocycles. The fourth-order valence-electron chi connectivity index (χ4n) is 6.26. The zero-order valence-electron chi connectivity index (χ0n) is 26.8. The third-order valence-electron chi connectivity index (χ3n) is 8.79. The van der Waals surface area contributed by atoms with Gasteiger partial charge in [0.2, 0.25) is 21.8 Å². The number of ether oxygens (including phenoxy) is 2. The van der Waals surface area contributed by atoms with Gasteiger partial charge in [-0.2, -0.15) is 0 Å². The van der Waals surface area contributed by atoms with Crippen LogP contribution in [-0.4, -0.2) is 63.2 Å². The number of sulfonamides is 1. The molecule has 3 aromatic rings. The van der Waals surface area contributed by atoms with Crippen LogP contribution < -0.4 is 19.1 Å². The standard InChI is InChI=1S/C36H45N3O6S/c1-27-12-9-10-15-29(27)26-38(32(24-28-13-5-3-6-14-28)36(41)37-30-16-7-4-8-17-30)35(40)18-11-21-39(46(2,42)43)31-19-20-33-34(25-31)45-23-22-44-33/h3,5-6,9-10,12-15,19-20,25,30,32H,4,7-8,11,16-18,21-24,26H2,1-2H3,(H,37,41)/t32-/m0/s1. The van der Waals surface area contributed by atoms with Gasteiger partial charge in [-0.05, 0) is 55.0 Å². The molecule has 1 fully saturated rings. The molecule has 246 valence electrons. The maximum atomic E-state index is 14.2. The molecule has 0 radical (unpaired) electrons. The van der Waals surface area contributed by atoms with Crippen molar-refractivity contribution < 1.29 is 27.5 Å². The normalized spacial score (nSPS) is 15.5. The Kier molecular flexibility index (Phi) is 11.2. The first kappa shape index (κ1) is 33.3. The molecule has 2 amide bonds. The molecule has 1 N–H and O–H groups in total. The third-order valence-corrected chi connectivity index (χ3v) is 9.98. The highest BCUT2D eigenvalue weighted by Gasteiger charge is 2.32. The Bertz CT molecular complexity index is 1590. The highest BCUT2D eigenvalue weighted by Crippen LogP contribution is 2.35. The molecule has 2 aliphatic rings. The lowest BCUT2D eigenvalue weighted by molar-refractivity contribution is -0.141. The van der Waals surface area contributed by atoms with Crippen LogP contribution in [0.1, 0.15) is 61.6 Å². The summed E-state index contributed by atoms with van der Waals surface area (Å²) in [4.78, 5) is 29.9. The summed E-state index contributed by atoms with van der Waals surface area (Å²) in [6, 6.07) is 22.1. The number of nitrogens with one attached hydrogen (secondary N) is 1. The van der Waals surface area contributed by atoms with Gasteiger partial charge in [0.1, 0.15) is 19.3 Å². The summed E-state index contributed by atoms with van der Waals surface area (Å²) in [6.45, 7) is 3.20. The third kappa shape index (κ3) is 8.81. The van der Waals surface area contributed by atoms with Crippen LogP contribution >= 0.6 is 0 Å². The Morgan fingerprint density at radius 3 is 2.33 bits per heavy atom. The second-order valence-electron chi connectivity index (χ2n) is 12.3. The second kappa shape index (κ2) is 15.5. The molecule has 1 heterocycles. The minimum Gasteiger partial charge on any atom is -0.486 e. The highest BCUT2D eigenvalue weighted by atomic mass is 32.2. The maximum absolute atomic E-state index is 14.2. The maximum Gasteiger partial charge on any atom is 0.243 e. The first-order valence-electron chi connectivity index (χ1n) is 16.2. The molecular weight excluding hydrogens is 602 g/mol. The molecule has 3 aromatic carbocycles. The lowest BCUT2D eigenvalue weighted by atomic mass is 9.94. The number of amides is 2. The first-order valence-corrected chi connectivity index (χ1v) is 18.1. The second-order valence-corrected chi connectivity index (χ2v) is 14.2. The Balaban J connectivity index is 1.38. The summed E-state index contributed by atoms with van der Waals surface area (Å²) in [5.74, 6) is 0.720. The van der Waals surface area contributed by atoms with Crippen molar-refractivity contribution in [2.45, 2.75) is 76.9 Å². The van der Waals surface area contributed by atoms with E-state index in [2.05, 4.69) is 5.32 Å². The van der Waals surface area contributed by atoms with E-state index in [-0.39, 0.29) is 43.8 Å². The molecule has 5 rings (SSSR count). The van der Waals surface area contributed by atoms with E-state index in [4.69, 9.17) is 9.47 Å². The summed E-state index contributed by atoms with van der Waals surface area (Å²) in [6.07, 6.45) is 7.10. The van der Waals surface area contributed by atoms with E-state index < -0.39 is 16.1 Å². The van der Waals surface area contributed by atoms with Gasteiger partial charge in [0.15, 0.2) is 11.5 Å². The Morgan fingerprint density at radius 2 is 1.61 bits per heavy atom. The lowest BCUT2D eigenvalue weighted by Crippen LogP contribution is -2.53. The van der Waals surface area contributed by atoms with Crippen LogP contribution in [0.3, 0.4) is 0 Å². The van der Waals surface area contributed by atoms with E-state index >= 15 is 0 Å². The molecular formula is C36H45N3O6S. The number of carbonyl (C=O) groups excluding carboxylic acids is 2. The van der Waals surface area contributed by atoms with Crippen LogP contribution in [0.5, 0.6) is 11.5 Å². The number of hydrogen-bond donors (Lipinski definition) is 1. The molecule has 9 nitrogen and oxygen atoms in total. The Labute approximate surface area is 272 Å². The quantitative estimate of drug-likeness (QED) is 0.266. The number of hydrogen-bond acceptors (Lipinski definition) is 6. The lowest BCUT2D eigenvalue weighted by Gasteiger charge is -2.34. The van der Waals surface area contributed by atoms with Gasteiger partial charge in [0, 0.05) is 38.0 Å². The summed E-state index contributed by atoms with van der Waals surface area (Å²) in [7, 11) is -3.66. The number of carbonyl (C=O) groups is 2. The van der Waals surface area contributed by atoms with Crippen molar-refractivity contribution in [2.24, 2.45) is 0 Å². The van der Waals surface area contributed by atoms with Gasteiger partial charge in [0.25, 0.3) is 0 Å². The Hall–Kier alpha value is -4.05. The number of benzene rings is 3. The van der Waals surface area contributed by atoms with Crippen LogP contribution in [0.2, 0.25) is 0 Å². The zero-order chi connectivity index (χ0) is 32.5. The van der Waals surface area contributed by atoms with Crippen LogP contribution in [0.15, 0.2) is 72.8 Å². The van der Waals surface area contributed by atoms with E-state index in [0.29, 0.717) is 36.8 Å². The number of anilines is 1. The molecule has 1 aliphatic carbocycles. The van der Waals surface area contributed by atoms with Crippen molar-refractivity contribution in [3.8, 4) is 11.5 Å². The zero-order valence-corrected chi connectivity index (χ0v) is 27.6. The van der Waals surface area contributed by atoms with E-state index in [0.717, 1.165) is 48.6 Å². The predicted molar refractivity (Wildman–Crippen MR) is 180 cm³/mol. The molecule has 1 saturated carbocycles. The largest absolute Gasteiger partial charge is 0.486 e. The molecule has 0 aromatic heterocycles. The van der Waals surface area contributed by atoms with Crippen LogP contribution in [0.4, 0.5) is 5.69 Å². The van der Waals surface area contributed by atoms with Crippen molar-refractivity contribution in [1.82, 2.24) is 10.2 Å². The number of nitrogens with zero attached hydrogens (tertiary/aromatic N) is 2. The van der Waals surface area contributed by atoms with Gasteiger partial charge in [-0.3, -0.25) is 13.9 Å². The average Bonchev–Trinajstić information content (AvgIpc) is 3.05. The minimum absolute atomic E-state index is 0.0739. The minimum atomic E-state index is -3.66. The monoisotopic (exact) mass is 647 g/mol. The summed E-state index contributed by atoms with van der Waals surface area (Å²) < 4.78 is 38.3. The number of aryl methyl sites for hydroxylation is 1. The fraction of sp³-hybridized carbons (Fsp3) is 0.444. The van der Waals surface area contributed by atoms with E-state index in [1.54, 1.807) is 23.1 Å². The van der Waals surface area contributed by atoms with Crippen molar-refractivity contribution in [2.75, 3.05) is 30.3 Å². The van der Waals surface area contributed by atoms with Gasteiger partial charge in [-0.15, -0.1) is 0 Å². The topological polar surface area (TPSA) is 105 Å². The average molecular weight is 648 g/mol. The SMILES string of the molecule is Cc1ccccc1CN(C(=O)CCCN(c1ccc2c(c1)OCCO2)S(C)(=O)=O)[C@@H](Cc1ccccc1)C(=O)NC1CCCCC1. The summed E-state index contributed by atoms with van der Waals surface area (Å²) in [5.41, 5.74) is 3.42. The number of rotatable bonds is 13. The molecule has 0 bridgehead atoms. The summed E-state index contributed by atoms with van der Waals surface area (Å²) in [5, 5.41) is 3.27. The fourth-order valence-corrected chi connectivity index (χ4v) is 7.22. The van der Waals surface area contributed by atoms with Gasteiger partial charge >= 0.3 is 0 Å². The summed E-state index contributed by atoms with van der Waals surface area (Å²) >= 11 is 0. The molecule has 0 spiro atoms. The van der Waals surface area contributed by atoms with Crippen molar-refractivity contribution in [3.05, 3.63) is 89.5 Å². The molecule has 1 aliphatic heterocycles. The van der Waals surface area contributed by atoms with Crippen LogP contribution in [-0.2, 0) is 32.6 Å². The smallest absolute Gasteiger partial charge is 0.243 e. The highest BCUT2D eigenvalue weighted by molar-refractivity contribution is 7.92. The van der Waals surface area contributed by atoms with Gasteiger partial charge < -0.3 is 19.7 Å². The number of fused-ring (bicyclic) bond motifs is 1. The van der Waals surface area contributed by atoms with Crippen molar-refractivity contribution in [3.63, 3.8) is 0 Å². The van der Waals surface area contributed by atoms with Crippen LogP contribution in [0.25, 0.3) is 0 Å². The van der Waals surface area contributed by atoms with Crippen LogP contribution in [0, 0.1) is 6.92 Å². The van der Waals surface area contributed by atoms with E-state index in [1.165, 1.54) is 10.7 Å².